The van der Waals surface area contributed by atoms with Gasteiger partial charge in [-0.1, -0.05) is 5.11 Å². The number of azide groups is 1. The topological polar surface area (TPSA) is 107 Å². The van der Waals surface area contributed by atoms with E-state index in [0.717, 1.165) is 0 Å². The summed E-state index contributed by atoms with van der Waals surface area (Å²) in [6.07, 6.45) is -1.16. The minimum absolute atomic E-state index is 0.0406. The number of amides is 1. The minimum Gasteiger partial charge on any atom is -0.465 e. The molecule has 0 aliphatic heterocycles. The Balaban J connectivity index is 4.11. The second-order valence-electron chi connectivity index (χ2n) is 3.98. The molecule has 0 heterocycles. The zero-order chi connectivity index (χ0) is 11.9. The van der Waals surface area contributed by atoms with E-state index in [2.05, 4.69) is 15.3 Å². The van der Waals surface area contributed by atoms with Crippen LogP contribution in [0.3, 0.4) is 0 Å². The summed E-state index contributed by atoms with van der Waals surface area (Å²) in [5, 5.41) is 14.0. The molecule has 0 spiro atoms. The van der Waals surface area contributed by atoms with Crippen molar-refractivity contribution in [3.8, 4) is 0 Å². The fourth-order valence-electron chi connectivity index (χ4n) is 0.800. The lowest BCUT2D eigenvalue weighted by atomic mass is 10.2. The van der Waals surface area contributed by atoms with Crippen molar-refractivity contribution in [2.75, 3.05) is 13.2 Å². The van der Waals surface area contributed by atoms with Crippen LogP contribution in [-0.2, 0) is 4.74 Å². The molecular weight excluding hydrogens is 200 g/mol. The number of carboxylic acid groups (broad SMARTS) is 1. The zero-order valence-electron chi connectivity index (χ0n) is 9.10. The fraction of sp³-hybridized carbons (Fsp3) is 0.875. The third kappa shape index (κ3) is 8.86. The number of carbonyl (C=O) groups is 1. The van der Waals surface area contributed by atoms with Gasteiger partial charge in [0.05, 0.1) is 18.2 Å². The summed E-state index contributed by atoms with van der Waals surface area (Å²) in [5.74, 6) is 0. The first-order valence-electron chi connectivity index (χ1n) is 4.49. The van der Waals surface area contributed by atoms with Gasteiger partial charge < -0.3 is 15.2 Å². The van der Waals surface area contributed by atoms with Gasteiger partial charge in [-0.3, -0.25) is 0 Å². The first-order valence-corrected chi connectivity index (χ1v) is 4.49. The third-order valence-corrected chi connectivity index (χ3v) is 1.41. The molecule has 2 N–H and O–H groups in total. The molecule has 1 atom stereocenters. The van der Waals surface area contributed by atoms with Gasteiger partial charge in [-0.15, -0.1) is 0 Å². The SMILES string of the molecule is CC(C)(C)OCC(CN=[N+]=[N-])NC(=O)O. The Bertz CT molecular complexity index is 251. The average molecular weight is 216 g/mol. The Morgan fingerprint density at radius 2 is 2.27 bits per heavy atom. The van der Waals surface area contributed by atoms with E-state index < -0.39 is 12.1 Å². The van der Waals surface area contributed by atoms with Crippen molar-refractivity contribution >= 4 is 6.09 Å². The third-order valence-electron chi connectivity index (χ3n) is 1.41. The summed E-state index contributed by atoms with van der Waals surface area (Å²) < 4.78 is 5.38. The quantitative estimate of drug-likeness (QED) is 0.415. The van der Waals surface area contributed by atoms with Crippen LogP contribution in [0.2, 0.25) is 0 Å². The molecule has 0 rings (SSSR count). The minimum atomic E-state index is -1.16. The lowest BCUT2D eigenvalue weighted by molar-refractivity contribution is -0.0128. The molecule has 0 saturated heterocycles. The van der Waals surface area contributed by atoms with Crippen LogP contribution in [0.5, 0.6) is 0 Å². The van der Waals surface area contributed by atoms with Gasteiger partial charge in [0.15, 0.2) is 0 Å². The first kappa shape index (κ1) is 13.5. The molecule has 0 aromatic carbocycles. The Hall–Kier alpha value is -1.46. The summed E-state index contributed by atoms with van der Waals surface area (Å²) in [5.41, 5.74) is 7.77. The van der Waals surface area contributed by atoms with Gasteiger partial charge in [0.1, 0.15) is 0 Å². The van der Waals surface area contributed by atoms with Crippen molar-refractivity contribution in [1.82, 2.24) is 5.32 Å². The van der Waals surface area contributed by atoms with Crippen LogP contribution in [0, 0.1) is 0 Å². The molecule has 15 heavy (non-hydrogen) atoms. The molecule has 0 aromatic heterocycles. The summed E-state index contributed by atoms with van der Waals surface area (Å²) in [7, 11) is 0. The predicted molar refractivity (Wildman–Crippen MR) is 54.7 cm³/mol. The van der Waals surface area contributed by atoms with Crippen LogP contribution in [-0.4, -0.2) is 36.0 Å². The van der Waals surface area contributed by atoms with Crippen molar-refractivity contribution in [3.05, 3.63) is 10.4 Å². The van der Waals surface area contributed by atoms with E-state index >= 15 is 0 Å². The molecule has 7 nitrogen and oxygen atoms in total. The maximum Gasteiger partial charge on any atom is 0.404 e. The Morgan fingerprint density at radius 3 is 2.67 bits per heavy atom. The Kier molecular flexibility index (Phi) is 5.51. The molecule has 0 fully saturated rings. The van der Waals surface area contributed by atoms with E-state index in [0.29, 0.717) is 0 Å². The molecule has 0 aliphatic rings. The zero-order valence-corrected chi connectivity index (χ0v) is 9.10. The lowest BCUT2D eigenvalue weighted by Gasteiger charge is -2.23. The predicted octanol–water partition coefficient (Wildman–Crippen LogP) is 1.75. The van der Waals surface area contributed by atoms with Crippen molar-refractivity contribution in [2.24, 2.45) is 5.11 Å². The molecule has 86 valence electrons. The van der Waals surface area contributed by atoms with Crippen LogP contribution in [0.15, 0.2) is 5.11 Å². The first-order chi connectivity index (χ1) is 6.85. The summed E-state index contributed by atoms with van der Waals surface area (Å²) in [6.45, 7) is 5.79. The van der Waals surface area contributed by atoms with Gasteiger partial charge in [-0.05, 0) is 26.3 Å². The highest BCUT2D eigenvalue weighted by Crippen LogP contribution is 2.07. The van der Waals surface area contributed by atoms with Crippen LogP contribution in [0.25, 0.3) is 10.4 Å². The monoisotopic (exact) mass is 216 g/mol. The maximum absolute atomic E-state index is 10.4. The normalized spacial score (nSPS) is 12.7. The van der Waals surface area contributed by atoms with Gasteiger partial charge in [-0.25, -0.2) is 4.79 Å². The molecular formula is C8H16N4O3. The molecule has 7 heteroatoms. The highest BCUT2D eigenvalue weighted by atomic mass is 16.5. The largest absolute Gasteiger partial charge is 0.465 e. The Labute approximate surface area is 88.0 Å². The summed E-state index contributed by atoms with van der Waals surface area (Å²) in [4.78, 5) is 13.0. The average Bonchev–Trinajstić information content (AvgIpc) is 2.07. The van der Waals surface area contributed by atoms with E-state index in [9.17, 15) is 4.79 Å². The number of hydrogen-bond acceptors (Lipinski definition) is 3. The molecule has 1 unspecified atom stereocenters. The van der Waals surface area contributed by atoms with Crippen molar-refractivity contribution in [1.29, 1.82) is 0 Å². The number of nitrogens with zero attached hydrogens (tertiary/aromatic N) is 3. The second-order valence-corrected chi connectivity index (χ2v) is 3.98. The molecule has 1 amide bonds. The number of ether oxygens (including phenoxy) is 1. The molecule has 0 aromatic rings. The number of nitrogens with one attached hydrogen (secondary N) is 1. The van der Waals surface area contributed by atoms with Crippen LogP contribution < -0.4 is 5.32 Å². The van der Waals surface area contributed by atoms with Crippen molar-refractivity contribution in [2.45, 2.75) is 32.4 Å². The van der Waals surface area contributed by atoms with Crippen molar-refractivity contribution in [3.63, 3.8) is 0 Å². The second kappa shape index (κ2) is 6.10. The fourth-order valence-corrected chi connectivity index (χ4v) is 0.800. The summed E-state index contributed by atoms with van der Waals surface area (Å²) >= 11 is 0. The van der Waals surface area contributed by atoms with E-state index in [1.165, 1.54) is 0 Å². The number of rotatable bonds is 5. The van der Waals surface area contributed by atoms with Gasteiger partial charge in [0.25, 0.3) is 0 Å². The standard InChI is InChI=1S/C8H16N4O3/c1-8(2,3)15-5-6(4-10-12-9)11-7(13)14/h6,11H,4-5H2,1-3H3,(H,13,14). The van der Waals surface area contributed by atoms with Gasteiger partial charge in [0.2, 0.25) is 0 Å². The molecule has 0 radical (unpaired) electrons. The Morgan fingerprint density at radius 1 is 1.67 bits per heavy atom. The van der Waals surface area contributed by atoms with E-state index in [1.54, 1.807) is 0 Å². The van der Waals surface area contributed by atoms with E-state index in [-0.39, 0.29) is 18.8 Å². The van der Waals surface area contributed by atoms with Crippen LogP contribution >= 0.6 is 0 Å². The van der Waals surface area contributed by atoms with Crippen molar-refractivity contribution < 1.29 is 14.6 Å². The summed E-state index contributed by atoms with van der Waals surface area (Å²) in [6, 6.07) is -0.516. The highest BCUT2D eigenvalue weighted by Gasteiger charge is 2.16. The van der Waals surface area contributed by atoms with Crippen LogP contribution in [0.1, 0.15) is 20.8 Å². The lowest BCUT2D eigenvalue weighted by Crippen LogP contribution is -2.41. The smallest absolute Gasteiger partial charge is 0.404 e. The van der Waals surface area contributed by atoms with Gasteiger partial charge in [0, 0.05) is 11.5 Å². The molecule has 0 saturated carbocycles. The highest BCUT2D eigenvalue weighted by molar-refractivity contribution is 5.64. The molecule has 0 bridgehead atoms. The van der Waals surface area contributed by atoms with E-state index in [4.69, 9.17) is 15.4 Å². The van der Waals surface area contributed by atoms with Crippen LogP contribution in [0.4, 0.5) is 4.79 Å². The van der Waals surface area contributed by atoms with E-state index in [1.807, 2.05) is 20.8 Å². The van der Waals surface area contributed by atoms with Gasteiger partial charge in [-0.2, -0.15) is 0 Å². The van der Waals surface area contributed by atoms with Gasteiger partial charge >= 0.3 is 6.09 Å². The maximum atomic E-state index is 10.4. The number of hydrogen-bond donors (Lipinski definition) is 2. The molecule has 0 aliphatic carbocycles.